The highest BCUT2D eigenvalue weighted by atomic mass is 35.5. The van der Waals surface area contributed by atoms with E-state index in [0.717, 1.165) is 11.1 Å². The molecule has 0 fully saturated rings. The molecule has 6 nitrogen and oxygen atoms in total. The summed E-state index contributed by atoms with van der Waals surface area (Å²) in [4.78, 5) is 12.2. The van der Waals surface area contributed by atoms with Gasteiger partial charge in [0, 0.05) is 18.6 Å². The maximum Gasteiger partial charge on any atom is 0.264 e. The van der Waals surface area contributed by atoms with Crippen LogP contribution in [0.4, 0.5) is 5.69 Å². The molecule has 0 aliphatic carbocycles. The Kier molecular flexibility index (Phi) is 7.20. The van der Waals surface area contributed by atoms with E-state index in [9.17, 15) is 13.2 Å². The second-order valence-corrected chi connectivity index (χ2v) is 9.38. The third kappa shape index (κ3) is 5.99. The normalized spacial score (nSPS) is 11.1. The second-order valence-electron chi connectivity index (χ2n) is 6.97. The molecular formula is C23H23ClN2O4S. The summed E-state index contributed by atoms with van der Waals surface area (Å²) in [6.07, 6.45) is 0. The Hall–Kier alpha value is -3.03. The number of aryl methyl sites for hydroxylation is 1. The van der Waals surface area contributed by atoms with E-state index in [1.165, 1.54) is 11.4 Å². The van der Waals surface area contributed by atoms with Crippen LogP contribution in [-0.4, -0.2) is 28.0 Å². The molecule has 1 amide bonds. The van der Waals surface area contributed by atoms with Crippen molar-refractivity contribution in [2.24, 2.45) is 0 Å². The third-order valence-corrected chi connectivity index (χ3v) is 6.70. The van der Waals surface area contributed by atoms with Crippen LogP contribution in [0.2, 0.25) is 5.02 Å². The van der Waals surface area contributed by atoms with Gasteiger partial charge in [-0.15, -0.1) is 0 Å². The summed E-state index contributed by atoms with van der Waals surface area (Å²) in [7, 11) is -2.17. The molecule has 0 bridgehead atoms. The molecule has 162 valence electrons. The van der Waals surface area contributed by atoms with Crippen molar-refractivity contribution in [3.05, 3.63) is 88.9 Å². The number of nitrogens with zero attached hydrogens (tertiary/aromatic N) is 1. The maximum atomic E-state index is 12.8. The summed E-state index contributed by atoms with van der Waals surface area (Å²) in [6.45, 7) is 2.13. The van der Waals surface area contributed by atoms with Crippen LogP contribution in [0.25, 0.3) is 0 Å². The lowest BCUT2D eigenvalue weighted by Crippen LogP contribution is -2.28. The van der Waals surface area contributed by atoms with Crippen molar-refractivity contribution in [3.8, 4) is 5.75 Å². The molecular weight excluding hydrogens is 436 g/mol. The number of sulfonamides is 1. The van der Waals surface area contributed by atoms with Gasteiger partial charge in [-0.25, -0.2) is 8.42 Å². The zero-order valence-corrected chi connectivity index (χ0v) is 18.8. The van der Waals surface area contributed by atoms with Crippen LogP contribution in [0, 0.1) is 6.92 Å². The maximum absolute atomic E-state index is 12.8. The standard InChI is InChI=1S/C23H23ClN2O4S/c1-17-3-13-22(14-4-17)31(28,29)26(2)20-9-11-21(12-10-20)30-16-23(27)25-15-18-5-7-19(24)8-6-18/h3-14H,15-16H2,1-2H3,(H,25,27). The highest BCUT2D eigenvalue weighted by Crippen LogP contribution is 2.24. The number of benzene rings is 3. The average Bonchev–Trinajstić information content (AvgIpc) is 2.77. The van der Waals surface area contributed by atoms with Gasteiger partial charge in [0.05, 0.1) is 10.6 Å². The van der Waals surface area contributed by atoms with E-state index in [2.05, 4.69) is 5.32 Å². The van der Waals surface area contributed by atoms with E-state index in [0.29, 0.717) is 23.0 Å². The fraction of sp³-hybridized carbons (Fsp3) is 0.174. The molecule has 0 aliphatic heterocycles. The molecule has 0 spiro atoms. The number of halogens is 1. The van der Waals surface area contributed by atoms with Crippen molar-refractivity contribution in [2.75, 3.05) is 18.0 Å². The molecule has 3 aromatic rings. The van der Waals surface area contributed by atoms with E-state index in [4.69, 9.17) is 16.3 Å². The zero-order valence-electron chi connectivity index (χ0n) is 17.2. The van der Waals surface area contributed by atoms with Crippen LogP contribution in [0.15, 0.2) is 77.7 Å². The second kappa shape index (κ2) is 9.85. The average molecular weight is 459 g/mol. The van der Waals surface area contributed by atoms with Gasteiger partial charge in [-0.05, 0) is 61.0 Å². The summed E-state index contributed by atoms with van der Waals surface area (Å²) in [5.74, 6) is 0.199. The summed E-state index contributed by atoms with van der Waals surface area (Å²) >= 11 is 5.84. The smallest absolute Gasteiger partial charge is 0.264 e. The van der Waals surface area contributed by atoms with Gasteiger partial charge < -0.3 is 10.1 Å². The first-order valence-corrected chi connectivity index (χ1v) is 11.4. The third-order valence-electron chi connectivity index (χ3n) is 4.65. The number of carbonyl (C=O) groups excluding carboxylic acids is 1. The number of hydrogen-bond donors (Lipinski definition) is 1. The van der Waals surface area contributed by atoms with Gasteiger partial charge in [0.25, 0.3) is 15.9 Å². The number of amides is 1. The van der Waals surface area contributed by atoms with Crippen LogP contribution < -0.4 is 14.4 Å². The van der Waals surface area contributed by atoms with Gasteiger partial charge in [0.1, 0.15) is 5.75 Å². The Balaban J connectivity index is 1.55. The molecule has 0 atom stereocenters. The molecule has 3 aromatic carbocycles. The summed E-state index contributed by atoms with van der Waals surface area (Å²) < 4.78 is 32.3. The van der Waals surface area contributed by atoms with E-state index < -0.39 is 10.0 Å². The minimum atomic E-state index is -3.66. The van der Waals surface area contributed by atoms with E-state index in [1.807, 2.05) is 19.1 Å². The number of nitrogens with one attached hydrogen (secondary N) is 1. The van der Waals surface area contributed by atoms with Crippen molar-refractivity contribution >= 4 is 33.2 Å². The minimum Gasteiger partial charge on any atom is -0.484 e. The van der Waals surface area contributed by atoms with Crippen molar-refractivity contribution in [2.45, 2.75) is 18.4 Å². The molecule has 1 N–H and O–H groups in total. The van der Waals surface area contributed by atoms with Gasteiger partial charge >= 0.3 is 0 Å². The molecule has 0 saturated heterocycles. The summed E-state index contributed by atoms with van der Waals surface area (Å²) in [5.41, 5.74) is 2.40. The van der Waals surface area contributed by atoms with Crippen molar-refractivity contribution in [3.63, 3.8) is 0 Å². The van der Waals surface area contributed by atoms with Crippen molar-refractivity contribution in [1.29, 1.82) is 0 Å². The molecule has 0 aromatic heterocycles. The fourth-order valence-corrected chi connectivity index (χ4v) is 4.08. The summed E-state index contributed by atoms with van der Waals surface area (Å²) in [5, 5.41) is 3.40. The Morgan fingerprint density at radius 2 is 1.58 bits per heavy atom. The minimum absolute atomic E-state index is 0.148. The highest BCUT2D eigenvalue weighted by molar-refractivity contribution is 7.92. The summed E-state index contributed by atoms with van der Waals surface area (Å²) in [6, 6.07) is 20.4. The number of rotatable bonds is 8. The van der Waals surface area contributed by atoms with Crippen molar-refractivity contribution < 1.29 is 17.9 Å². The number of anilines is 1. The molecule has 0 unspecified atom stereocenters. The van der Waals surface area contributed by atoms with Gasteiger partial charge in [0.2, 0.25) is 0 Å². The van der Waals surface area contributed by atoms with Crippen LogP contribution >= 0.6 is 11.6 Å². The predicted octanol–water partition coefficient (Wildman–Crippen LogP) is 4.17. The fourth-order valence-electron chi connectivity index (χ4n) is 2.76. The topological polar surface area (TPSA) is 75.7 Å². The Morgan fingerprint density at radius 3 is 2.19 bits per heavy atom. The van der Waals surface area contributed by atoms with Crippen LogP contribution in [0.5, 0.6) is 5.75 Å². The molecule has 0 saturated carbocycles. The first-order chi connectivity index (χ1) is 14.8. The van der Waals surface area contributed by atoms with Gasteiger partial charge in [-0.1, -0.05) is 41.4 Å². The van der Waals surface area contributed by atoms with Crippen LogP contribution in [0.3, 0.4) is 0 Å². The quantitative estimate of drug-likeness (QED) is 0.549. The molecule has 0 radical (unpaired) electrons. The Bertz CT molecular complexity index is 1130. The zero-order chi connectivity index (χ0) is 22.4. The molecule has 0 heterocycles. The molecule has 0 aliphatic rings. The monoisotopic (exact) mass is 458 g/mol. The number of hydrogen-bond acceptors (Lipinski definition) is 4. The van der Waals surface area contributed by atoms with E-state index in [1.54, 1.807) is 60.7 Å². The SMILES string of the molecule is Cc1ccc(S(=O)(=O)N(C)c2ccc(OCC(=O)NCc3ccc(Cl)cc3)cc2)cc1. The van der Waals surface area contributed by atoms with E-state index >= 15 is 0 Å². The first-order valence-electron chi connectivity index (χ1n) is 9.55. The molecule has 3 rings (SSSR count). The molecule has 8 heteroatoms. The van der Waals surface area contributed by atoms with Gasteiger partial charge in [-0.2, -0.15) is 0 Å². The van der Waals surface area contributed by atoms with Gasteiger partial charge in [0.15, 0.2) is 6.61 Å². The number of ether oxygens (including phenoxy) is 1. The number of carbonyl (C=O) groups is 1. The van der Waals surface area contributed by atoms with Crippen LogP contribution in [0.1, 0.15) is 11.1 Å². The lowest BCUT2D eigenvalue weighted by molar-refractivity contribution is -0.123. The Labute approximate surface area is 187 Å². The predicted molar refractivity (Wildman–Crippen MR) is 122 cm³/mol. The lowest BCUT2D eigenvalue weighted by atomic mass is 10.2. The first kappa shape index (κ1) is 22.7. The van der Waals surface area contributed by atoms with E-state index in [-0.39, 0.29) is 17.4 Å². The largest absolute Gasteiger partial charge is 0.484 e. The van der Waals surface area contributed by atoms with Gasteiger partial charge in [-0.3, -0.25) is 9.10 Å². The Morgan fingerprint density at radius 1 is 0.968 bits per heavy atom. The molecule has 31 heavy (non-hydrogen) atoms. The highest BCUT2D eigenvalue weighted by Gasteiger charge is 2.21. The lowest BCUT2D eigenvalue weighted by Gasteiger charge is -2.20. The van der Waals surface area contributed by atoms with Crippen LogP contribution in [-0.2, 0) is 21.4 Å². The van der Waals surface area contributed by atoms with Crippen molar-refractivity contribution in [1.82, 2.24) is 5.32 Å².